The third-order valence-electron chi connectivity index (χ3n) is 1.37. The van der Waals surface area contributed by atoms with E-state index in [1.165, 1.54) is 0 Å². The SMILES string of the molecule is CC#CC(C)(O)c1ncccn1. The Bertz CT molecular complexity index is 308. The monoisotopic (exact) mass is 162 g/mol. The molecule has 0 aliphatic carbocycles. The second-order valence-electron chi connectivity index (χ2n) is 2.52. The number of hydrogen-bond donors (Lipinski definition) is 1. The summed E-state index contributed by atoms with van der Waals surface area (Å²) in [7, 11) is 0. The zero-order valence-corrected chi connectivity index (χ0v) is 7.07. The van der Waals surface area contributed by atoms with Crippen molar-refractivity contribution >= 4 is 0 Å². The van der Waals surface area contributed by atoms with Gasteiger partial charge in [0.25, 0.3) is 0 Å². The first-order valence-corrected chi connectivity index (χ1v) is 3.60. The van der Waals surface area contributed by atoms with Gasteiger partial charge >= 0.3 is 0 Å². The molecule has 0 saturated carbocycles. The van der Waals surface area contributed by atoms with Crippen molar-refractivity contribution in [3.05, 3.63) is 24.3 Å². The zero-order valence-electron chi connectivity index (χ0n) is 7.07. The molecule has 1 rings (SSSR count). The maximum Gasteiger partial charge on any atom is 0.182 e. The molecule has 1 heterocycles. The Morgan fingerprint density at radius 2 is 2.00 bits per heavy atom. The number of hydrogen-bond acceptors (Lipinski definition) is 3. The highest BCUT2D eigenvalue weighted by Crippen LogP contribution is 2.13. The van der Waals surface area contributed by atoms with E-state index < -0.39 is 5.60 Å². The molecule has 1 aromatic heterocycles. The van der Waals surface area contributed by atoms with Crippen LogP contribution in [0.1, 0.15) is 19.7 Å². The van der Waals surface area contributed by atoms with E-state index in [1.807, 2.05) is 0 Å². The van der Waals surface area contributed by atoms with E-state index in [0.29, 0.717) is 5.82 Å². The van der Waals surface area contributed by atoms with E-state index in [-0.39, 0.29) is 0 Å². The molecule has 62 valence electrons. The quantitative estimate of drug-likeness (QED) is 0.618. The second-order valence-corrected chi connectivity index (χ2v) is 2.52. The highest BCUT2D eigenvalue weighted by molar-refractivity contribution is 5.18. The Hall–Kier alpha value is -1.40. The Morgan fingerprint density at radius 1 is 1.42 bits per heavy atom. The average Bonchev–Trinajstić information content (AvgIpc) is 2.06. The van der Waals surface area contributed by atoms with Crippen LogP contribution in [0.4, 0.5) is 0 Å². The van der Waals surface area contributed by atoms with Crippen LogP contribution in [0, 0.1) is 11.8 Å². The Balaban J connectivity index is 3.03. The highest BCUT2D eigenvalue weighted by Gasteiger charge is 2.22. The summed E-state index contributed by atoms with van der Waals surface area (Å²) in [5, 5.41) is 9.69. The minimum Gasteiger partial charge on any atom is -0.371 e. The molecule has 1 N–H and O–H groups in total. The molecule has 1 atom stereocenters. The van der Waals surface area contributed by atoms with Crippen molar-refractivity contribution in [1.82, 2.24) is 9.97 Å². The summed E-state index contributed by atoms with van der Waals surface area (Å²) in [6.07, 6.45) is 3.16. The molecule has 0 spiro atoms. The van der Waals surface area contributed by atoms with Crippen molar-refractivity contribution in [3.8, 4) is 11.8 Å². The van der Waals surface area contributed by atoms with Crippen LogP contribution >= 0.6 is 0 Å². The number of nitrogens with zero attached hydrogens (tertiary/aromatic N) is 2. The topological polar surface area (TPSA) is 46.0 Å². The van der Waals surface area contributed by atoms with E-state index in [9.17, 15) is 5.11 Å². The van der Waals surface area contributed by atoms with Gasteiger partial charge in [0.2, 0.25) is 0 Å². The normalized spacial score (nSPS) is 14.2. The van der Waals surface area contributed by atoms with Gasteiger partial charge < -0.3 is 5.11 Å². The Morgan fingerprint density at radius 3 is 2.50 bits per heavy atom. The maximum atomic E-state index is 9.69. The number of aliphatic hydroxyl groups is 1. The molecule has 0 aliphatic rings. The lowest BCUT2D eigenvalue weighted by molar-refractivity contribution is 0.112. The fraction of sp³-hybridized carbons (Fsp3) is 0.333. The van der Waals surface area contributed by atoms with Crippen LogP contribution < -0.4 is 0 Å². The summed E-state index contributed by atoms with van der Waals surface area (Å²) in [5.41, 5.74) is -1.24. The second kappa shape index (κ2) is 3.33. The fourth-order valence-corrected chi connectivity index (χ4v) is 0.850. The minimum absolute atomic E-state index is 0.333. The third-order valence-corrected chi connectivity index (χ3v) is 1.37. The predicted molar refractivity (Wildman–Crippen MR) is 45.1 cm³/mol. The molecule has 0 bridgehead atoms. The maximum absolute atomic E-state index is 9.69. The molecule has 0 saturated heterocycles. The largest absolute Gasteiger partial charge is 0.371 e. The Labute approximate surface area is 71.5 Å². The van der Waals surface area contributed by atoms with E-state index >= 15 is 0 Å². The van der Waals surface area contributed by atoms with Crippen LogP contribution in [0.3, 0.4) is 0 Å². The molecule has 1 unspecified atom stereocenters. The van der Waals surface area contributed by atoms with Crippen molar-refractivity contribution in [2.45, 2.75) is 19.4 Å². The van der Waals surface area contributed by atoms with E-state index in [2.05, 4.69) is 21.8 Å². The van der Waals surface area contributed by atoms with Crippen LogP contribution in [-0.2, 0) is 5.60 Å². The first kappa shape index (κ1) is 8.69. The molecule has 0 aliphatic heterocycles. The first-order chi connectivity index (χ1) is 5.67. The van der Waals surface area contributed by atoms with E-state index in [4.69, 9.17) is 0 Å². The van der Waals surface area contributed by atoms with Crippen LogP contribution in [0.15, 0.2) is 18.5 Å². The van der Waals surface area contributed by atoms with Gasteiger partial charge in [-0.3, -0.25) is 0 Å². The number of aromatic nitrogens is 2. The van der Waals surface area contributed by atoms with Gasteiger partial charge in [-0.15, -0.1) is 5.92 Å². The van der Waals surface area contributed by atoms with Crippen molar-refractivity contribution in [2.24, 2.45) is 0 Å². The van der Waals surface area contributed by atoms with Gasteiger partial charge in [-0.05, 0) is 19.9 Å². The molecule has 0 radical (unpaired) electrons. The van der Waals surface area contributed by atoms with Crippen molar-refractivity contribution in [2.75, 3.05) is 0 Å². The van der Waals surface area contributed by atoms with Gasteiger partial charge in [0.05, 0.1) is 0 Å². The van der Waals surface area contributed by atoms with E-state index in [1.54, 1.807) is 32.3 Å². The number of rotatable bonds is 1. The smallest absolute Gasteiger partial charge is 0.182 e. The van der Waals surface area contributed by atoms with Crippen molar-refractivity contribution in [3.63, 3.8) is 0 Å². The fourth-order valence-electron chi connectivity index (χ4n) is 0.850. The minimum atomic E-state index is -1.24. The van der Waals surface area contributed by atoms with Crippen LogP contribution in [-0.4, -0.2) is 15.1 Å². The van der Waals surface area contributed by atoms with Crippen LogP contribution in [0.2, 0.25) is 0 Å². The lowest BCUT2D eigenvalue weighted by atomic mass is 10.1. The summed E-state index contributed by atoms with van der Waals surface area (Å²) >= 11 is 0. The lowest BCUT2D eigenvalue weighted by Crippen LogP contribution is -2.21. The summed E-state index contributed by atoms with van der Waals surface area (Å²) < 4.78 is 0. The van der Waals surface area contributed by atoms with Gasteiger partial charge in [-0.1, -0.05) is 5.92 Å². The molecule has 0 aromatic carbocycles. The standard InChI is InChI=1S/C9H10N2O/c1-3-5-9(2,12)8-10-6-4-7-11-8/h4,6-7,12H,1-2H3. The van der Waals surface area contributed by atoms with Crippen molar-refractivity contribution in [1.29, 1.82) is 0 Å². The highest BCUT2D eigenvalue weighted by atomic mass is 16.3. The summed E-state index contributed by atoms with van der Waals surface area (Å²) in [5.74, 6) is 5.58. The summed E-state index contributed by atoms with van der Waals surface area (Å²) in [4.78, 5) is 7.81. The molecule has 3 nitrogen and oxygen atoms in total. The van der Waals surface area contributed by atoms with Gasteiger partial charge in [0, 0.05) is 12.4 Å². The summed E-state index contributed by atoms with van der Waals surface area (Å²) in [6.45, 7) is 3.23. The van der Waals surface area contributed by atoms with Gasteiger partial charge in [-0.2, -0.15) is 0 Å². The molecule has 12 heavy (non-hydrogen) atoms. The van der Waals surface area contributed by atoms with Gasteiger partial charge in [0.15, 0.2) is 11.4 Å². The molecular weight excluding hydrogens is 152 g/mol. The Kier molecular flexibility index (Phi) is 2.41. The predicted octanol–water partition coefficient (Wildman–Crippen LogP) is 0.707. The van der Waals surface area contributed by atoms with Crippen molar-refractivity contribution < 1.29 is 5.11 Å². The first-order valence-electron chi connectivity index (χ1n) is 3.60. The molecule has 3 heteroatoms. The van der Waals surface area contributed by atoms with Crippen LogP contribution in [0.5, 0.6) is 0 Å². The van der Waals surface area contributed by atoms with Gasteiger partial charge in [0.1, 0.15) is 0 Å². The van der Waals surface area contributed by atoms with E-state index in [0.717, 1.165) is 0 Å². The lowest BCUT2D eigenvalue weighted by Gasteiger charge is -2.13. The molecule has 0 amide bonds. The van der Waals surface area contributed by atoms with Crippen LogP contribution in [0.25, 0.3) is 0 Å². The molecule has 0 fully saturated rings. The van der Waals surface area contributed by atoms with Gasteiger partial charge in [-0.25, -0.2) is 9.97 Å². The third kappa shape index (κ3) is 1.80. The summed E-state index contributed by atoms with van der Waals surface area (Å²) in [6, 6.07) is 1.69. The average molecular weight is 162 g/mol. The molecular formula is C9H10N2O. The molecule has 1 aromatic rings. The zero-order chi connectivity index (χ0) is 9.03.